The fraction of sp³-hybridized carbons (Fsp3) is 0.125. The zero-order valence-corrected chi connectivity index (χ0v) is 7.73. The van der Waals surface area contributed by atoms with Gasteiger partial charge in [-0.25, -0.2) is 0 Å². The van der Waals surface area contributed by atoms with Gasteiger partial charge in [0.25, 0.3) is 0 Å². The van der Waals surface area contributed by atoms with Crippen LogP contribution in [-0.2, 0) is 0 Å². The number of aryl methyl sites for hydroxylation is 1. The topological polar surface area (TPSA) is 43.6 Å². The molecule has 0 saturated carbocycles. The second kappa shape index (κ2) is 3.14. The first kappa shape index (κ1) is 8.19. The average Bonchev–Trinajstić information content (AvgIpc) is 2.53. The molecule has 1 heterocycles. The zero-order valence-electron chi connectivity index (χ0n) is 6.98. The molecule has 66 valence electrons. The fourth-order valence-electron chi connectivity index (χ4n) is 1.02. The van der Waals surface area contributed by atoms with Crippen LogP contribution >= 0.6 is 11.6 Å². The molecule has 0 spiro atoms. The quantitative estimate of drug-likeness (QED) is 0.693. The highest BCUT2D eigenvalue weighted by molar-refractivity contribution is 6.28. The van der Waals surface area contributed by atoms with Gasteiger partial charge in [-0.3, -0.25) is 0 Å². The lowest BCUT2D eigenvalue weighted by Crippen LogP contribution is -1.96. The first-order valence-electron chi connectivity index (χ1n) is 3.78. The molecular weight excluding hydrogens is 188 g/mol. The lowest BCUT2D eigenvalue weighted by atomic mass is 10.2. The van der Waals surface area contributed by atoms with Crippen LogP contribution in [0, 0.1) is 6.92 Å². The van der Waals surface area contributed by atoms with Crippen molar-refractivity contribution in [3.05, 3.63) is 35.1 Å². The van der Waals surface area contributed by atoms with Gasteiger partial charge in [0.2, 0.25) is 5.28 Å². The predicted molar refractivity (Wildman–Crippen MR) is 48.9 cm³/mol. The SMILES string of the molecule is Cc1ccc(-n2nnnc2Cl)cc1. The van der Waals surface area contributed by atoms with Gasteiger partial charge in [-0.2, -0.15) is 4.68 Å². The highest BCUT2D eigenvalue weighted by atomic mass is 35.5. The Balaban J connectivity index is 2.47. The van der Waals surface area contributed by atoms with E-state index < -0.39 is 0 Å². The van der Waals surface area contributed by atoms with Gasteiger partial charge in [-0.05, 0) is 41.1 Å². The molecule has 0 aliphatic heterocycles. The van der Waals surface area contributed by atoms with E-state index in [0.717, 1.165) is 5.69 Å². The summed E-state index contributed by atoms with van der Waals surface area (Å²) in [6, 6.07) is 7.79. The maximum atomic E-state index is 5.74. The van der Waals surface area contributed by atoms with Crippen molar-refractivity contribution in [2.24, 2.45) is 0 Å². The standard InChI is InChI=1S/C8H7ClN4/c1-6-2-4-7(5-3-6)13-8(9)10-11-12-13/h2-5H,1H3. The Morgan fingerprint density at radius 2 is 1.92 bits per heavy atom. The summed E-state index contributed by atoms with van der Waals surface area (Å²) in [5.74, 6) is 0. The summed E-state index contributed by atoms with van der Waals surface area (Å²) in [7, 11) is 0. The molecule has 0 saturated heterocycles. The molecule has 0 aliphatic carbocycles. The molecule has 0 radical (unpaired) electrons. The van der Waals surface area contributed by atoms with Crippen LogP contribution in [0.25, 0.3) is 5.69 Å². The van der Waals surface area contributed by atoms with E-state index in [4.69, 9.17) is 11.6 Å². The Kier molecular flexibility index (Phi) is 1.98. The van der Waals surface area contributed by atoms with Gasteiger partial charge in [-0.1, -0.05) is 22.8 Å². The van der Waals surface area contributed by atoms with Gasteiger partial charge in [0, 0.05) is 0 Å². The number of benzene rings is 1. The molecule has 1 aromatic carbocycles. The van der Waals surface area contributed by atoms with Crippen LogP contribution in [-0.4, -0.2) is 20.2 Å². The third-order valence-electron chi connectivity index (χ3n) is 1.71. The zero-order chi connectivity index (χ0) is 9.26. The number of halogens is 1. The summed E-state index contributed by atoms with van der Waals surface area (Å²) in [6.07, 6.45) is 0. The maximum absolute atomic E-state index is 5.74. The number of nitrogens with zero attached hydrogens (tertiary/aromatic N) is 4. The van der Waals surface area contributed by atoms with Crippen LogP contribution in [0.1, 0.15) is 5.56 Å². The third-order valence-corrected chi connectivity index (χ3v) is 1.95. The van der Waals surface area contributed by atoms with Crippen molar-refractivity contribution >= 4 is 11.6 Å². The lowest BCUT2D eigenvalue weighted by Gasteiger charge is -1.99. The van der Waals surface area contributed by atoms with Crippen molar-refractivity contribution in [2.75, 3.05) is 0 Å². The van der Waals surface area contributed by atoms with Crippen molar-refractivity contribution in [3.8, 4) is 5.69 Å². The molecule has 4 nitrogen and oxygen atoms in total. The van der Waals surface area contributed by atoms with Crippen LogP contribution in [0.5, 0.6) is 0 Å². The number of aromatic nitrogens is 4. The second-order valence-electron chi connectivity index (χ2n) is 2.70. The van der Waals surface area contributed by atoms with Crippen molar-refractivity contribution < 1.29 is 0 Å². The van der Waals surface area contributed by atoms with Gasteiger partial charge in [0.05, 0.1) is 5.69 Å². The van der Waals surface area contributed by atoms with Crippen molar-refractivity contribution in [1.29, 1.82) is 0 Å². The van der Waals surface area contributed by atoms with Crippen LogP contribution in [0.2, 0.25) is 5.28 Å². The highest BCUT2D eigenvalue weighted by Crippen LogP contribution is 2.11. The highest BCUT2D eigenvalue weighted by Gasteiger charge is 2.03. The van der Waals surface area contributed by atoms with Crippen LogP contribution < -0.4 is 0 Å². The van der Waals surface area contributed by atoms with Gasteiger partial charge in [-0.15, -0.1) is 0 Å². The van der Waals surface area contributed by atoms with Gasteiger partial charge >= 0.3 is 0 Å². The van der Waals surface area contributed by atoms with Crippen LogP contribution in [0.3, 0.4) is 0 Å². The Bertz CT molecular complexity index is 406. The molecule has 13 heavy (non-hydrogen) atoms. The minimum atomic E-state index is 0.267. The third kappa shape index (κ3) is 1.53. The molecule has 0 fully saturated rings. The molecule has 0 atom stereocenters. The lowest BCUT2D eigenvalue weighted by molar-refractivity contribution is 0.789. The largest absolute Gasteiger partial charge is 0.247 e. The second-order valence-corrected chi connectivity index (χ2v) is 3.03. The minimum Gasteiger partial charge on any atom is -0.183 e. The van der Waals surface area contributed by atoms with Gasteiger partial charge < -0.3 is 0 Å². The summed E-state index contributed by atoms with van der Waals surface area (Å²) in [6.45, 7) is 2.02. The van der Waals surface area contributed by atoms with E-state index in [9.17, 15) is 0 Å². The summed E-state index contributed by atoms with van der Waals surface area (Å²) in [5, 5.41) is 11.0. The molecule has 0 bridgehead atoms. The summed E-state index contributed by atoms with van der Waals surface area (Å²) in [5.41, 5.74) is 2.05. The van der Waals surface area contributed by atoms with E-state index in [1.807, 2.05) is 31.2 Å². The van der Waals surface area contributed by atoms with Crippen molar-refractivity contribution in [1.82, 2.24) is 20.2 Å². The smallest absolute Gasteiger partial charge is 0.183 e. The summed E-state index contributed by atoms with van der Waals surface area (Å²) < 4.78 is 1.47. The molecule has 5 heteroatoms. The predicted octanol–water partition coefficient (Wildman–Crippen LogP) is 1.62. The van der Waals surface area contributed by atoms with E-state index in [0.29, 0.717) is 0 Å². The number of hydrogen-bond acceptors (Lipinski definition) is 3. The number of tetrazole rings is 1. The summed E-state index contributed by atoms with van der Waals surface area (Å²) in [4.78, 5) is 0. The van der Waals surface area contributed by atoms with E-state index >= 15 is 0 Å². The van der Waals surface area contributed by atoms with Gasteiger partial charge in [0.1, 0.15) is 0 Å². The molecule has 0 N–H and O–H groups in total. The molecule has 1 aromatic heterocycles. The molecule has 2 rings (SSSR count). The van der Waals surface area contributed by atoms with E-state index in [1.54, 1.807) is 0 Å². The Morgan fingerprint density at radius 1 is 1.23 bits per heavy atom. The molecule has 0 aliphatic rings. The van der Waals surface area contributed by atoms with Gasteiger partial charge in [0.15, 0.2) is 0 Å². The van der Waals surface area contributed by atoms with Crippen molar-refractivity contribution in [3.63, 3.8) is 0 Å². The van der Waals surface area contributed by atoms with E-state index in [2.05, 4.69) is 15.5 Å². The molecular formula is C8H7ClN4. The normalized spacial score (nSPS) is 10.3. The first-order chi connectivity index (χ1) is 6.27. The van der Waals surface area contributed by atoms with Crippen LogP contribution in [0.15, 0.2) is 24.3 Å². The molecule has 0 amide bonds. The Morgan fingerprint density at radius 3 is 2.46 bits per heavy atom. The Hall–Kier alpha value is -1.42. The molecule has 2 aromatic rings. The number of rotatable bonds is 1. The van der Waals surface area contributed by atoms with Crippen molar-refractivity contribution in [2.45, 2.75) is 6.92 Å². The van der Waals surface area contributed by atoms with Crippen LogP contribution in [0.4, 0.5) is 0 Å². The van der Waals surface area contributed by atoms with E-state index in [-0.39, 0.29) is 5.28 Å². The molecule has 0 unspecified atom stereocenters. The summed E-state index contributed by atoms with van der Waals surface area (Å²) >= 11 is 5.74. The fourth-order valence-corrected chi connectivity index (χ4v) is 1.19. The van der Waals surface area contributed by atoms with E-state index in [1.165, 1.54) is 10.2 Å². The minimum absolute atomic E-state index is 0.267. The number of hydrogen-bond donors (Lipinski definition) is 0. The average molecular weight is 195 g/mol. The first-order valence-corrected chi connectivity index (χ1v) is 4.16. The monoisotopic (exact) mass is 194 g/mol. The maximum Gasteiger partial charge on any atom is 0.247 e. The Labute approximate surface area is 80.1 Å².